The molecule has 0 bridgehead atoms. The number of carbonyl (C=O) groups excluding carboxylic acids is 2. The topological polar surface area (TPSA) is 68.3 Å². The van der Waals surface area contributed by atoms with Crippen molar-refractivity contribution in [1.29, 1.82) is 0 Å². The van der Waals surface area contributed by atoms with Gasteiger partial charge in [-0.05, 0) is 49.9 Å². The molecule has 2 aromatic rings. The van der Waals surface area contributed by atoms with Crippen LogP contribution in [0.2, 0.25) is 0 Å². The highest BCUT2D eigenvalue weighted by molar-refractivity contribution is 5.79. The first-order valence-corrected chi connectivity index (χ1v) is 12.8. The monoisotopic (exact) mass is 498 g/mol. The maximum Gasteiger partial charge on any atom is 0.225 e. The third-order valence-electron chi connectivity index (χ3n) is 6.66. The lowest BCUT2D eigenvalue weighted by molar-refractivity contribution is -0.166. The third kappa shape index (κ3) is 7.20. The number of hydrogen-bond donors (Lipinski definition) is 0. The smallest absolute Gasteiger partial charge is 0.225 e. The van der Waals surface area contributed by atoms with Gasteiger partial charge in [0.2, 0.25) is 11.8 Å². The number of rotatable bonds is 10. The highest BCUT2D eigenvalue weighted by Gasteiger charge is 2.42. The third-order valence-corrected chi connectivity index (χ3v) is 6.66. The molecule has 0 saturated carbocycles. The molecule has 0 radical (unpaired) electrons. The van der Waals surface area contributed by atoms with Gasteiger partial charge in [-0.1, -0.05) is 30.3 Å². The molecule has 0 aliphatic carbocycles. The zero-order chi connectivity index (χ0) is 25.2. The van der Waals surface area contributed by atoms with Gasteiger partial charge in [0.05, 0.1) is 26.2 Å². The predicted molar refractivity (Wildman–Crippen MR) is 133 cm³/mol. The van der Waals surface area contributed by atoms with Crippen LogP contribution in [-0.4, -0.2) is 73.2 Å². The van der Waals surface area contributed by atoms with Gasteiger partial charge in [0.15, 0.2) is 11.6 Å². The minimum atomic E-state index is -0.915. The van der Waals surface area contributed by atoms with Crippen molar-refractivity contribution in [3.05, 3.63) is 60.4 Å². The number of carbonyl (C=O) groups is 2. The standard InChI is InChI=1S/C28H35FN2O5/c29-24-12-5-6-13-25(24)34-18-9-14-26(32)31-17-19-36-28(21-31,22-35-23-10-3-1-4-11-23)20-27(33)30-15-7-2-8-16-30/h1,3-6,10-13H,2,7-9,14-22H2/t28-/m1/s1. The Morgan fingerprint density at radius 2 is 1.64 bits per heavy atom. The van der Waals surface area contributed by atoms with Crippen molar-refractivity contribution in [3.8, 4) is 11.5 Å². The molecule has 7 nitrogen and oxygen atoms in total. The average molecular weight is 499 g/mol. The summed E-state index contributed by atoms with van der Waals surface area (Å²) in [7, 11) is 0. The molecule has 1 atom stereocenters. The summed E-state index contributed by atoms with van der Waals surface area (Å²) in [4.78, 5) is 29.9. The van der Waals surface area contributed by atoms with Crippen LogP contribution in [0.5, 0.6) is 11.5 Å². The van der Waals surface area contributed by atoms with Crippen molar-refractivity contribution in [1.82, 2.24) is 9.80 Å². The molecule has 4 rings (SSSR count). The van der Waals surface area contributed by atoms with Crippen molar-refractivity contribution in [2.24, 2.45) is 0 Å². The van der Waals surface area contributed by atoms with E-state index < -0.39 is 11.4 Å². The molecule has 2 aliphatic rings. The zero-order valence-corrected chi connectivity index (χ0v) is 20.7. The summed E-state index contributed by atoms with van der Waals surface area (Å²) in [6, 6.07) is 15.6. The molecular weight excluding hydrogens is 463 g/mol. The van der Waals surface area contributed by atoms with Crippen LogP contribution < -0.4 is 9.47 Å². The van der Waals surface area contributed by atoms with E-state index in [-0.39, 0.29) is 50.2 Å². The van der Waals surface area contributed by atoms with E-state index in [0.29, 0.717) is 25.3 Å². The molecule has 2 aliphatic heterocycles. The molecule has 2 saturated heterocycles. The molecule has 0 unspecified atom stereocenters. The molecule has 36 heavy (non-hydrogen) atoms. The largest absolute Gasteiger partial charge is 0.491 e. The first-order chi connectivity index (χ1) is 17.5. The van der Waals surface area contributed by atoms with Crippen LogP contribution in [0, 0.1) is 5.82 Å². The average Bonchev–Trinajstić information content (AvgIpc) is 2.92. The fourth-order valence-corrected chi connectivity index (χ4v) is 4.69. The van der Waals surface area contributed by atoms with Gasteiger partial charge in [-0.3, -0.25) is 9.59 Å². The molecule has 194 valence electrons. The van der Waals surface area contributed by atoms with Crippen LogP contribution in [0.1, 0.15) is 38.5 Å². The van der Waals surface area contributed by atoms with Crippen molar-refractivity contribution in [2.45, 2.75) is 44.1 Å². The highest BCUT2D eigenvalue weighted by atomic mass is 19.1. The van der Waals surface area contributed by atoms with Gasteiger partial charge in [0.25, 0.3) is 0 Å². The fourth-order valence-electron chi connectivity index (χ4n) is 4.69. The lowest BCUT2D eigenvalue weighted by Crippen LogP contribution is -2.58. The van der Waals surface area contributed by atoms with Crippen LogP contribution in [0.25, 0.3) is 0 Å². The Labute approximate surface area is 212 Å². The van der Waals surface area contributed by atoms with E-state index in [0.717, 1.165) is 32.4 Å². The van der Waals surface area contributed by atoms with E-state index in [1.54, 1.807) is 23.1 Å². The number of amides is 2. The quantitative estimate of drug-likeness (QED) is 0.462. The van der Waals surface area contributed by atoms with Gasteiger partial charge in [0, 0.05) is 26.1 Å². The van der Waals surface area contributed by atoms with Crippen LogP contribution in [0.3, 0.4) is 0 Å². The number of hydrogen-bond acceptors (Lipinski definition) is 5. The van der Waals surface area contributed by atoms with Gasteiger partial charge in [-0.2, -0.15) is 0 Å². The lowest BCUT2D eigenvalue weighted by atomic mass is 9.96. The van der Waals surface area contributed by atoms with Crippen LogP contribution in [-0.2, 0) is 14.3 Å². The van der Waals surface area contributed by atoms with Crippen molar-refractivity contribution >= 4 is 11.8 Å². The Balaban J connectivity index is 1.36. The number of para-hydroxylation sites is 2. The van der Waals surface area contributed by atoms with E-state index in [1.807, 2.05) is 35.2 Å². The van der Waals surface area contributed by atoms with E-state index in [1.165, 1.54) is 6.07 Å². The fraction of sp³-hybridized carbons (Fsp3) is 0.500. The summed E-state index contributed by atoms with van der Waals surface area (Å²) < 4.78 is 31.4. The van der Waals surface area contributed by atoms with Crippen molar-refractivity contribution in [2.75, 3.05) is 46.0 Å². The Hall–Kier alpha value is -3.13. The second-order valence-corrected chi connectivity index (χ2v) is 9.45. The van der Waals surface area contributed by atoms with Gasteiger partial charge in [0.1, 0.15) is 18.0 Å². The molecule has 8 heteroatoms. The van der Waals surface area contributed by atoms with Crippen LogP contribution in [0.4, 0.5) is 4.39 Å². The van der Waals surface area contributed by atoms with E-state index in [2.05, 4.69) is 0 Å². The lowest BCUT2D eigenvalue weighted by Gasteiger charge is -2.43. The molecule has 0 aromatic heterocycles. The molecular formula is C28H35FN2O5. The Bertz CT molecular complexity index is 998. The summed E-state index contributed by atoms with van der Waals surface area (Å²) in [5, 5.41) is 0. The zero-order valence-electron chi connectivity index (χ0n) is 20.7. The van der Waals surface area contributed by atoms with E-state index in [9.17, 15) is 14.0 Å². The minimum absolute atomic E-state index is 0.0371. The van der Waals surface area contributed by atoms with E-state index in [4.69, 9.17) is 14.2 Å². The number of halogens is 1. The SMILES string of the molecule is O=C(C[C@]1(COc2ccccc2)CN(C(=O)CCCOc2ccccc2F)CCO1)N1CCCCC1. The number of nitrogens with zero attached hydrogens (tertiary/aromatic N) is 2. The number of morpholine rings is 1. The van der Waals surface area contributed by atoms with Crippen LogP contribution >= 0.6 is 0 Å². The highest BCUT2D eigenvalue weighted by Crippen LogP contribution is 2.27. The maximum atomic E-state index is 13.7. The normalized spacial score (nSPS) is 20.1. The minimum Gasteiger partial charge on any atom is -0.491 e. The van der Waals surface area contributed by atoms with Crippen molar-refractivity contribution < 1.29 is 28.2 Å². The Morgan fingerprint density at radius 3 is 2.42 bits per heavy atom. The van der Waals surface area contributed by atoms with Gasteiger partial charge < -0.3 is 24.0 Å². The summed E-state index contributed by atoms with van der Waals surface area (Å²) >= 11 is 0. The second-order valence-electron chi connectivity index (χ2n) is 9.45. The maximum absolute atomic E-state index is 13.7. The molecule has 0 N–H and O–H groups in total. The number of ether oxygens (including phenoxy) is 3. The number of likely N-dealkylation sites (tertiary alicyclic amines) is 1. The van der Waals surface area contributed by atoms with Gasteiger partial charge >= 0.3 is 0 Å². The summed E-state index contributed by atoms with van der Waals surface area (Å²) in [5.74, 6) is 0.465. The Kier molecular flexibility index (Phi) is 9.17. The van der Waals surface area contributed by atoms with E-state index >= 15 is 0 Å². The van der Waals surface area contributed by atoms with Crippen molar-refractivity contribution in [3.63, 3.8) is 0 Å². The number of benzene rings is 2. The first kappa shape index (κ1) is 25.9. The number of piperidine rings is 1. The predicted octanol–water partition coefficient (Wildman–Crippen LogP) is 4.06. The van der Waals surface area contributed by atoms with Crippen LogP contribution in [0.15, 0.2) is 54.6 Å². The molecule has 0 spiro atoms. The molecule has 2 fully saturated rings. The summed E-state index contributed by atoms with van der Waals surface area (Å²) in [6.07, 6.45) is 4.07. The first-order valence-electron chi connectivity index (χ1n) is 12.8. The summed E-state index contributed by atoms with van der Waals surface area (Å²) in [6.45, 7) is 3.02. The Morgan fingerprint density at radius 1 is 0.889 bits per heavy atom. The molecule has 2 aromatic carbocycles. The van der Waals surface area contributed by atoms with Gasteiger partial charge in [-0.15, -0.1) is 0 Å². The summed E-state index contributed by atoms with van der Waals surface area (Å²) in [5.41, 5.74) is -0.915. The van der Waals surface area contributed by atoms with Gasteiger partial charge in [-0.25, -0.2) is 4.39 Å². The second kappa shape index (κ2) is 12.7. The molecule has 2 heterocycles. The molecule has 2 amide bonds.